The first-order valence-electron chi connectivity index (χ1n) is 9.43. The number of methoxy groups -OCH3 is 1. The summed E-state index contributed by atoms with van der Waals surface area (Å²) in [5, 5.41) is 17.7. The molecule has 0 bridgehead atoms. The number of aryl methyl sites for hydroxylation is 1. The third kappa shape index (κ3) is 4.25. The summed E-state index contributed by atoms with van der Waals surface area (Å²) in [6.45, 7) is 1.93. The van der Waals surface area contributed by atoms with Crippen molar-refractivity contribution >= 4 is 33.8 Å². The Labute approximate surface area is 177 Å². The zero-order valence-corrected chi connectivity index (χ0v) is 17.3. The summed E-state index contributed by atoms with van der Waals surface area (Å²) in [5.74, 6) is 0.312. The molecule has 0 radical (unpaired) electrons. The van der Waals surface area contributed by atoms with Crippen LogP contribution in [-0.4, -0.2) is 29.0 Å². The van der Waals surface area contributed by atoms with Gasteiger partial charge < -0.3 is 10.1 Å². The van der Waals surface area contributed by atoms with Gasteiger partial charge in [-0.05, 0) is 56.2 Å². The minimum absolute atomic E-state index is 0.108. The number of nitrogens with zero attached hydrogens (tertiary/aromatic N) is 2. The third-order valence-electron chi connectivity index (χ3n) is 4.77. The number of hydrogen-bond acceptors (Lipinski definition) is 7. The van der Waals surface area contributed by atoms with Crippen molar-refractivity contribution in [3.63, 3.8) is 0 Å². The van der Waals surface area contributed by atoms with Gasteiger partial charge in [-0.3, -0.25) is 20.2 Å². The van der Waals surface area contributed by atoms with E-state index < -0.39 is 10.8 Å². The van der Waals surface area contributed by atoms with Crippen molar-refractivity contribution in [3.8, 4) is 17.0 Å². The summed E-state index contributed by atoms with van der Waals surface area (Å²) in [4.78, 5) is 29.1. The summed E-state index contributed by atoms with van der Waals surface area (Å²) < 4.78 is 5.17. The van der Waals surface area contributed by atoms with E-state index in [4.69, 9.17) is 4.74 Å². The van der Waals surface area contributed by atoms with Crippen molar-refractivity contribution in [2.24, 2.45) is 0 Å². The molecule has 30 heavy (non-hydrogen) atoms. The van der Waals surface area contributed by atoms with Gasteiger partial charge in [0.05, 0.1) is 17.7 Å². The van der Waals surface area contributed by atoms with E-state index >= 15 is 0 Å². The van der Waals surface area contributed by atoms with Crippen LogP contribution in [0.3, 0.4) is 0 Å². The van der Waals surface area contributed by atoms with Crippen molar-refractivity contribution in [1.29, 1.82) is 0 Å². The Morgan fingerprint density at radius 1 is 1.23 bits per heavy atom. The second-order valence-electron chi connectivity index (χ2n) is 7.01. The highest BCUT2D eigenvalue weighted by atomic mass is 32.1. The number of carbonyl (C=O) groups is 1. The fourth-order valence-corrected chi connectivity index (χ4v) is 3.86. The van der Waals surface area contributed by atoms with Crippen LogP contribution >= 0.6 is 11.3 Å². The van der Waals surface area contributed by atoms with Gasteiger partial charge in [-0.1, -0.05) is 0 Å². The van der Waals surface area contributed by atoms with Crippen LogP contribution in [0.25, 0.3) is 11.3 Å². The average Bonchev–Trinajstić information content (AvgIpc) is 3.48. The molecule has 1 heterocycles. The highest BCUT2D eigenvalue weighted by molar-refractivity contribution is 7.16. The van der Waals surface area contributed by atoms with Gasteiger partial charge in [0, 0.05) is 28.1 Å². The summed E-state index contributed by atoms with van der Waals surface area (Å²) in [5.41, 5.74) is 2.22. The fraction of sp³-hybridized carbons (Fsp3) is 0.238. The van der Waals surface area contributed by atoms with Gasteiger partial charge in [0.2, 0.25) is 0 Å². The van der Waals surface area contributed by atoms with E-state index in [2.05, 4.69) is 15.6 Å². The monoisotopic (exact) mass is 424 g/mol. The van der Waals surface area contributed by atoms with Crippen LogP contribution in [0.15, 0.2) is 42.5 Å². The number of aromatic nitrogens is 1. The Morgan fingerprint density at radius 2 is 1.97 bits per heavy atom. The highest BCUT2D eigenvalue weighted by Gasteiger charge is 2.25. The predicted molar refractivity (Wildman–Crippen MR) is 117 cm³/mol. The summed E-state index contributed by atoms with van der Waals surface area (Å²) in [7, 11) is 1.61. The first-order chi connectivity index (χ1) is 14.4. The van der Waals surface area contributed by atoms with Gasteiger partial charge in [0.15, 0.2) is 5.13 Å². The normalized spacial score (nSPS) is 13.0. The second kappa shape index (κ2) is 8.11. The topological polar surface area (TPSA) is 106 Å². The number of nitro benzene ring substituents is 1. The SMILES string of the molecule is COc1ccc(-c2nc(NC(=O)c3ccc(NC4CC4)c([N+](=O)[O-])c3)sc2C)cc1. The molecule has 1 aliphatic rings. The van der Waals surface area contributed by atoms with Crippen molar-refractivity contribution in [3.05, 3.63) is 63.0 Å². The lowest BCUT2D eigenvalue weighted by Gasteiger charge is -2.07. The molecule has 1 aromatic heterocycles. The molecule has 3 aromatic rings. The van der Waals surface area contributed by atoms with E-state index in [0.717, 1.165) is 34.7 Å². The van der Waals surface area contributed by atoms with E-state index in [-0.39, 0.29) is 17.3 Å². The molecule has 1 saturated carbocycles. The lowest BCUT2D eigenvalue weighted by atomic mass is 10.1. The number of ether oxygens (including phenoxy) is 1. The molecule has 0 unspecified atom stereocenters. The first-order valence-corrected chi connectivity index (χ1v) is 10.2. The maximum atomic E-state index is 12.7. The fourth-order valence-electron chi connectivity index (χ4n) is 3.03. The molecule has 0 spiro atoms. The van der Waals surface area contributed by atoms with E-state index in [1.54, 1.807) is 19.2 Å². The molecule has 1 aliphatic carbocycles. The smallest absolute Gasteiger partial charge is 0.293 e. The third-order valence-corrected chi connectivity index (χ3v) is 5.66. The molecule has 1 amide bonds. The van der Waals surface area contributed by atoms with Crippen LogP contribution in [-0.2, 0) is 0 Å². The Morgan fingerprint density at radius 3 is 2.60 bits per heavy atom. The number of nitro groups is 1. The number of benzene rings is 2. The van der Waals surface area contributed by atoms with E-state index in [0.29, 0.717) is 10.8 Å². The van der Waals surface area contributed by atoms with Crippen molar-refractivity contribution < 1.29 is 14.5 Å². The van der Waals surface area contributed by atoms with Crippen LogP contribution < -0.4 is 15.4 Å². The molecule has 1 fully saturated rings. The summed E-state index contributed by atoms with van der Waals surface area (Å²) in [6, 6.07) is 12.2. The second-order valence-corrected chi connectivity index (χ2v) is 8.22. The van der Waals surface area contributed by atoms with Crippen LogP contribution in [0.2, 0.25) is 0 Å². The van der Waals surface area contributed by atoms with Crippen molar-refractivity contribution in [2.75, 3.05) is 17.7 Å². The number of thiazole rings is 1. The highest BCUT2D eigenvalue weighted by Crippen LogP contribution is 2.33. The predicted octanol–water partition coefficient (Wildman–Crippen LogP) is 4.86. The molecule has 8 nitrogen and oxygen atoms in total. The van der Waals surface area contributed by atoms with Crippen molar-refractivity contribution in [1.82, 2.24) is 4.98 Å². The van der Waals surface area contributed by atoms with Gasteiger partial charge in [-0.25, -0.2) is 4.98 Å². The van der Waals surface area contributed by atoms with E-state index in [1.165, 1.54) is 17.4 Å². The molecule has 2 aromatic carbocycles. The zero-order valence-electron chi connectivity index (χ0n) is 16.5. The van der Waals surface area contributed by atoms with E-state index in [9.17, 15) is 14.9 Å². The number of carbonyl (C=O) groups excluding carboxylic acids is 1. The van der Waals surface area contributed by atoms with Crippen molar-refractivity contribution in [2.45, 2.75) is 25.8 Å². The largest absolute Gasteiger partial charge is 0.497 e. The molecular weight excluding hydrogens is 404 g/mol. The van der Waals surface area contributed by atoms with Gasteiger partial charge >= 0.3 is 0 Å². The minimum atomic E-state index is -0.475. The molecule has 4 rings (SSSR count). The van der Waals surface area contributed by atoms with Crippen LogP contribution in [0.4, 0.5) is 16.5 Å². The quantitative estimate of drug-likeness (QED) is 0.414. The van der Waals surface area contributed by atoms with Gasteiger partial charge in [0.1, 0.15) is 11.4 Å². The van der Waals surface area contributed by atoms with E-state index in [1.807, 2.05) is 31.2 Å². The molecule has 0 saturated heterocycles. The standard InChI is InChI=1S/C21H20N4O4S/c1-12-19(13-3-8-16(29-2)9-4-13)23-21(30-12)24-20(26)14-5-10-17(22-15-6-7-15)18(11-14)25(27)28/h3-5,8-11,15,22H,6-7H2,1-2H3,(H,23,24,26). The number of amides is 1. The number of hydrogen-bond donors (Lipinski definition) is 2. The van der Waals surface area contributed by atoms with Gasteiger partial charge in [-0.15, -0.1) is 11.3 Å². The summed E-state index contributed by atoms with van der Waals surface area (Å²) >= 11 is 1.35. The van der Waals surface area contributed by atoms with Crippen LogP contribution in [0.1, 0.15) is 28.1 Å². The lowest BCUT2D eigenvalue weighted by Crippen LogP contribution is -2.13. The maximum absolute atomic E-state index is 12.7. The zero-order chi connectivity index (χ0) is 21.3. The molecule has 0 aliphatic heterocycles. The van der Waals surface area contributed by atoms with Gasteiger partial charge in [-0.2, -0.15) is 0 Å². The maximum Gasteiger partial charge on any atom is 0.293 e. The number of rotatable bonds is 7. The Hall–Kier alpha value is -3.46. The Bertz CT molecular complexity index is 1110. The number of anilines is 2. The molecular formula is C21H20N4O4S. The molecule has 0 atom stereocenters. The van der Waals surface area contributed by atoms with Gasteiger partial charge in [0.25, 0.3) is 11.6 Å². The molecule has 9 heteroatoms. The molecule has 2 N–H and O–H groups in total. The Kier molecular flexibility index (Phi) is 5.37. The Balaban J connectivity index is 1.53. The minimum Gasteiger partial charge on any atom is -0.497 e. The average molecular weight is 424 g/mol. The number of nitrogens with one attached hydrogen (secondary N) is 2. The summed E-state index contributed by atoms with van der Waals surface area (Å²) in [6.07, 6.45) is 2.00. The van der Waals surface area contributed by atoms with Crippen LogP contribution in [0.5, 0.6) is 5.75 Å². The van der Waals surface area contributed by atoms with Crippen LogP contribution in [0, 0.1) is 17.0 Å². The first kappa shape index (κ1) is 19.8. The molecule has 154 valence electrons. The lowest BCUT2D eigenvalue weighted by molar-refractivity contribution is -0.384.